The molecule has 0 bridgehead atoms. The molecule has 0 saturated heterocycles. The molecule has 3 aromatic heterocycles. The molecule has 0 aliphatic heterocycles. The Morgan fingerprint density at radius 1 is 1.03 bits per heavy atom. The van der Waals surface area contributed by atoms with Crippen LogP contribution in [0.25, 0.3) is 11.0 Å². The second-order valence-corrected chi connectivity index (χ2v) is 7.54. The van der Waals surface area contributed by atoms with E-state index in [1.807, 2.05) is 30.3 Å². The molecule has 0 radical (unpaired) electrons. The van der Waals surface area contributed by atoms with Crippen molar-refractivity contribution in [3.05, 3.63) is 95.7 Å². The predicted molar refractivity (Wildman–Crippen MR) is 116 cm³/mol. The van der Waals surface area contributed by atoms with Crippen molar-refractivity contribution < 1.29 is 22.4 Å². The van der Waals surface area contributed by atoms with Crippen molar-refractivity contribution in [2.24, 2.45) is 0 Å². The molecule has 11 heteroatoms. The van der Waals surface area contributed by atoms with Crippen molar-refractivity contribution in [1.82, 2.24) is 24.5 Å². The molecule has 0 aliphatic rings. The maximum Gasteiger partial charge on any atom is 0.416 e. The number of imidazole rings is 1. The molecule has 3 heterocycles. The highest BCUT2D eigenvalue weighted by atomic mass is 19.4. The van der Waals surface area contributed by atoms with Crippen LogP contribution < -0.4 is 5.32 Å². The van der Waals surface area contributed by atoms with Crippen LogP contribution in [0, 0.1) is 0 Å². The molecule has 2 aromatic carbocycles. The van der Waals surface area contributed by atoms with Crippen molar-refractivity contribution in [2.75, 3.05) is 5.32 Å². The highest BCUT2D eigenvalue weighted by Gasteiger charge is 2.31. The van der Waals surface area contributed by atoms with E-state index >= 15 is 0 Å². The number of fused-ring (bicyclic) bond motifs is 1. The zero-order valence-corrected chi connectivity index (χ0v) is 17.5. The molecule has 1 amide bonds. The van der Waals surface area contributed by atoms with Gasteiger partial charge in [0.1, 0.15) is 5.76 Å². The molecule has 0 atom stereocenters. The van der Waals surface area contributed by atoms with Gasteiger partial charge in [0.25, 0.3) is 5.91 Å². The van der Waals surface area contributed by atoms with Crippen molar-refractivity contribution in [3.8, 4) is 0 Å². The molecule has 5 rings (SSSR count). The topological polar surface area (TPSA) is 90.8 Å². The summed E-state index contributed by atoms with van der Waals surface area (Å²) in [7, 11) is 0. The largest absolute Gasteiger partial charge is 0.467 e. The highest BCUT2D eigenvalue weighted by molar-refractivity contribution is 6.02. The standard InChI is InChI=1S/C23H17F3N6O2/c24-23(25,26)16-8-9-20-18(11-16)27-22(32(20)13-17-7-4-10-34-17)28-21(33)19-14-31(30-29-19)12-15-5-2-1-3-6-15/h1-11,14H,12-13H2,(H,27,28,33). The predicted octanol–water partition coefficient (Wildman–Crippen LogP) is 4.59. The number of nitrogens with one attached hydrogen (secondary N) is 1. The summed E-state index contributed by atoms with van der Waals surface area (Å²) in [6.45, 7) is 0.587. The number of benzene rings is 2. The van der Waals surface area contributed by atoms with Gasteiger partial charge in [-0.3, -0.25) is 10.1 Å². The van der Waals surface area contributed by atoms with Gasteiger partial charge in [0.2, 0.25) is 5.95 Å². The lowest BCUT2D eigenvalue weighted by Gasteiger charge is -2.09. The van der Waals surface area contributed by atoms with Crippen LogP contribution in [-0.2, 0) is 19.3 Å². The van der Waals surface area contributed by atoms with E-state index in [0.717, 1.165) is 17.7 Å². The summed E-state index contributed by atoms with van der Waals surface area (Å²) in [5, 5.41) is 10.5. The Bertz CT molecular complexity index is 1440. The summed E-state index contributed by atoms with van der Waals surface area (Å²) >= 11 is 0. The smallest absolute Gasteiger partial charge is 0.416 e. The van der Waals surface area contributed by atoms with E-state index in [9.17, 15) is 18.0 Å². The zero-order valence-electron chi connectivity index (χ0n) is 17.5. The summed E-state index contributed by atoms with van der Waals surface area (Å²) in [6, 6.07) is 16.2. The third-order valence-corrected chi connectivity index (χ3v) is 5.15. The van der Waals surface area contributed by atoms with E-state index in [1.165, 1.54) is 23.2 Å². The number of rotatable bonds is 6. The minimum absolute atomic E-state index is 0.0449. The van der Waals surface area contributed by atoms with E-state index in [4.69, 9.17) is 4.42 Å². The average Bonchev–Trinajstić information content (AvgIpc) is 3.55. The molecule has 1 N–H and O–H groups in total. The van der Waals surface area contributed by atoms with Crippen molar-refractivity contribution in [2.45, 2.75) is 19.3 Å². The fourth-order valence-electron chi connectivity index (χ4n) is 3.54. The second-order valence-electron chi connectivity index (χ2n) is 7.54. The van der Waals surface area contributed by atoms with E-state index in [-0.39, 0.29) is 23.7 Å². The fraction of sp³-hybridized carbons (Fsp3) is 0.130. The van der Waals surface area contributed by atoms with Crippen LogP contribution in [0.2, 0.25) is 0 Å². The van der Waals surface area contributed by atoms with Gasteiger partial charge in [-0.2, -0.15) is 13.2 Å². The molecular formula is C23H17F3N6O2. The fourth-order valence-corrected chi connectivity index (χ4v) is 3.54. The van der Waals surface area contributed by atoms with Gasteiger partial charge in [-0.15, -0.1) is 5.10 Å². The van der Waals surface area contributed by atoms with Gasteiger partial charge in [0.05, 0.1) is 42.1 Å². The Kier molecular flexibility index (Phi) is 5.36. The number of anilines is 1. The molecule has 0 unspecified atom stereocenters. The third kappa shape index (κ3) is 4.40. The zero-order chi connectivity index (χ0) is 23.7. The van der Waals surface area contributed by atoms with Gasteiger partial charge in [0, 0.05) is 0 Å². The van der Waals surface area contributed by atoms with Crippen molar-refractivity contribution in [1.29, 1.82) is 0 Å². The number of furan rings is 1. The van der Waals surface area contributed by atoms with Crippen LogP contribution in [0.4, 0.5) is 19.1 Å². The second kappa shape index (κ2) is 8.50. The van der Waals surface area contributed by atoms with E-state index in [0.29, 0.717) is 17.8 Å². The first-order valence-corrected chi connectivity index (χ1v) is 10.2. The number of amides is 1. The molecule has 0 spiro atoms. The van der Waals surface area contributed by atoms with Crippen LogP contribution in [0.3, 0.4) is 0 Å². The number of halogens is 3. The summed E-state index contributed by atoms with van der Waals surface area (Å²) in [5.74, 6) is 0.0168. The average molecular weight is 466 g/mol. The number of alkyl halides is 3. The number of hydrogen-bond donors (Lipinski definition) is 1. The summed E-state index contributed by atoms with van der Waals surface area (Å²) in [4.78, 5) is 17.1. The van der Waals surface area contributed by atoms with E-state index in [2.05, 4.69) is 20.6 Å². The maximum atomic E-state index is 13.2. The van der Waals surface area contributed by atoms with Gasteiger partial charge < -0.3 is 8.98 Å². The minimum atomic E-state index is -4.51. The van der Waals surface area contributed by atoms with E-state index in [1.54, 1.807) is 16.7 Å². The monoisotopic (exact) mass is 466 g/mol. The first kappa shape index (κ1) is 21.4. The van der Waals surface area contributed by atoms with Crippen LogP contribution in [0.1, 0.15) is 27.4 Å². The Morgan fingerprint density at radius 3 is 2.59 bits per heavy atom. The molecule has 172 valence electrons. The molecule has 0 fully saturated rings. The quantitative estimate of drug-likeness (QED) is 0.395. The number of aromatic nitrogens is 5. The Balaban J connectivity index is 1.44. The normalized spacial score (nSPS) is 11.7. The van der Waals surface area contributed by atoms with E-state index < -0.39 is 17.6 Å². The molecule has 5 aromatic rings. The van der Waals surface area contributed by atoms with Crippen LogP contribution in [0.15, 0.2) is 77.5 Å². The summed E-state index contributed by atoms with van der Waals surface area (Å²) in [5.41, 5.74) is 0.699. The van der Waals surface area contributed by atoms with Crippen LogP contribution in [0.5, 0.6) is 0 Å². The number of carbonyl (C=O) groups is 1. The number of nitrogens with zero attached hydrogens (tertiary/aromatic N) is 5. The lowest BCUT2D eigenvalue weighted by molar-refractivity contribution is -0.137. The Morgan fingerprint density at radius 2 is 1.85 bits per heavy atom. The third-order valence-electron chi connectivity index (χ3n) is 5.15. The lowest BCUT2D eigenvalue weighted by atomic mass is 10.2. The first-order chi connectivity index (χ1) is 16.4. The minimum Gasteiger partial charge on any atom is -0.467 e. The molecular weight excluding hydrogens is 449 g/mol. The van der Waals surface area contributed by atoms with Gasteiger partial charge >= 0.3 is 6.18 Å². The number of hydrogen-bond acceptors (Lipinski definition) is 5. The molecule has 0 aliphatic carbocycles. The van der Waals surface area contributed by atoms with Gasteiger partial charge in [-0.05, 0) is 35.9 Å². The van der Waals surface area contributed by atoms with Gasteiger partial charge in [0.15, 0.2) is 5.69 Å². The first-order valence-electron chi connectivity index (χ1n) is 10.2. The van der Waals surface area contributed by atoms with Crippen LogP contribution in [-0.4, -0.2) is 30.5 Å². The molecule has 0 saturated carbocycles. The lowest BCUT2D eigenvalue weighted by Crippen LogP contribution is -2.16. The highest BCUT2D eigenvalue weighted by Crippen LogP contribution is 2.32. The summed E-state index contributed by atoms with van der Waals surface area (Å²) < 4.78 is 48.0. The molecule has 8 nitrogen and oxygen atoms in total. The number of carbonyl (C=O) groups excluding carboxylic acids is 1. The van der Waals surface area contributed by atoms with Gasteiger partial charge in [-0.25, -0.2) is 9.67 Å². The van der Waals surface area contributed by atoms with Crippen molar-refractivity contribution >= 4 is 22.9 Å². The van der Waals surface area contributed by atoms with Crippen LogP contribution >= 0.6 is 0 Å². The maximum absolute atomic E-state index is 13.2. The summed E-state index contributed by atoms with van der Waals surface area (Å²) in [6.07, 6.45) is -1.54. The van der Waals surface area contributed by atoms with Gasteiger partial charge in [-0.1, -0.05) is 35.5 Å². The van der Waals surface area contributed by atoms with Crippen molar-refractivity contribution in [3.63, 3.8) is 0 Å². The Hall–Kier alpha value is -4.41. The Labute approximate surface area is 190 Å². The molecule has 34 heavy (non-hydrogen) atoms. The SMILES string of the molecule is O=C(Nc1nc2cc(C(F)(F)F)ccc2n1Cc1ccco1)c1cn(Cc2ccccc2)nn1.